The molecule has 1 aromatic carbocycles. The maximum absolute atomic E-state index is 4.42. The molecule has 0 unspecified atom stereocenters. The standard InChI is InChI=1S/C19H21N5.CH4/c1-11(2)21-10-13-4-5-16-14(8-13)9-17(24-16)15-6-7-20-19-18(15)22-12(3)23-19;/h4-9,11,21,24H,10H2,1-3H3,(H,20,22,23);1H4. The van der Waals surface area contributed by atoms with Gasteiger partial charge in [-0.05, 0) is 36.8 Å². The van der Waals surface area contributed by atoms with Gasteiger partial charge in [0.15, 0.2) is 5.65 Å². The number of benzene rings is 1. The first-order valence-electron chi connectivity index (χ1n) is 8.27. The van der Waals surface area contributed by atoms with Gasteiger partial charge in [0.1, 0.15) is 5.82 Å². The molecule has 5 nitrogen and oxygen atoms in total. The second-order valence-corrected chi connectivity index (χ2v) is 6.52. The molecule has 0 bridgehead atoms. The number of aromatic nitrogens is 4. The van der Waals surface area contributed by atoms with Crippen LogP contribution in [-0.2, 0) is 6.54 Å². The minimum absolute atomic E-state index is 0. The van der Waals surface area contributed by atoms with Gasteiger partial charge in [-0.25, -0.2) is 9.97 Å². The van der Waals surface area contributed by atoms with Crippen LogP contribution in [0.3, 0.4) is 0 Å². The van der Waals surface area contributed by atoms with Crippen molar-refractivity contribution in [1.29, 1.82) is 0 Å². The molecule has 25 heavy (non-hydrogen) atoms. The predicted molar refractivity (Wildman–Crippen MR) is 105 cm³/mol. The second kappa shape index (κ2) is 6.69. The molecular weight excluding hydrogens is 310 g/mol. The quantitative estimate of drug-likeness (QED) is 0.512. The first-order chi connectivity index (χ1) is 11.6. The van der Waals surface area contributed by atoms with Crippen LogP contribution in [0.4, 0.5) is 0 Å². The van der Waals surface area contributed by atoms with Crippen LogP contribution in [0, 0.1) is 6.92 Å². The summed E-state index contributed by atoms with van der Waals surface area (Å²) in [5.74, 6) is 0.878. The fourth-order valence-corrected chi connectivity index (χ4v) is 3.01. The Labute approximate surface area is 147 Å². The number of hydrogen-bond donors (Lipinski definition) is 3. The molecule has 4 aromatic rings. The SMILES string of the molecule is C.Cc1nc2nccc(-c3cc4cc(CNC(C)C)ccc4[nH]3)c2[nH]1. The molecule has 0 atom stereocenters. The Hall–Kier alpha value is -2.66. The molecule has 0 aliphatic carbocycles. The van der Waals surface area contributed by atoms with E-state index >= 15 is 0 Å². The van der Waals surface area contributed by atoms with Crippen LogP contribution in [-0.4, -0.2) is 26.0 Å². The lowest BCUT2D eigenvalue weighted by molar-refractivity contribution is 0.589. The zero-order chi connectivity index (χ0) is 16.7. The lowest BCUT2D eigenvalue weighted by Gasteiger charge is -2.07. The normalized spacial score (nSPS) is 11.4. The van der Waals surface area contributed by atoms with Crippen molar-refractivity contribution in [2.75, 3.05) is 0 Å². The van der Waals surface area contributed by atoms with E-state index in [0.717, 1.165) is 40.3 Å². The average molecular weight is 335 g/mol. The summed E-state index contributed by atoms with van der Waals surface area (Å²) in [6.45, 7) is 7.15. The number of aryl methyl sites for hydroxylation is 1. The van der Waals surface area contributed by atoms with Gasteiger partial charge in [-0.3, -0.25) is 0 Å². The summed E-state index contributed by atoms with van der Waals surface area (Å²) < 4.78 is 0. The van der Waals surface area contributed by atoms with Crippen molar-refractivity contribution in [2.45, 2.75) is 40.8 Å². The Morgan fingerprint density at radius 2 is 1.96 bits per heavy atom. The molecule has 4 rings (SSSR count). The third-order valence-electron chi connectivity index (χ3n) is 4.20. The fourth-order valence-electron chi connectivity index (χ4n) is 3.01. The summed E-state index contributed by atoms with van der Waals surface area (Å²) >= 11 is 0. The van der Waals surface area contributed by atoms with Crippen LogP contribution >= 0.6 is 0 Å². The predicted octanol–water partition coefficient (Wildman–Crippen LogP) is 4.55. The molecule has 0 aliphatic rings. The molecule has 0 amide bonds. The molecule has 5 heteroatoms. The molecule has 0 spiro atoms. The topological polar surface area (TPSA) is 69.4 Å². The van der Waals surface area contributed by atoms with Gasteiger partial charge in [0.25, 0.3) is 0 Å². The van der Waals surface area contributed by atoms with Gasteiger partial charge in [-0.2, -0.15) is 0 Å². The lowest BCUT2D eigenvalue weighted by atomic mass is 10.1. The van der Waals surface area contributed by atoms with Crippen molar-refractivity contribution in [3.05, 3.63) is 47.9 Å². The van der Waals surface area contributed by atoms with Crippen molar-refractivity contribution in [3.63, 3.8) is 0 Å². The minimum Gasteiger partial charge on any atom is -0.354 e. The minimum atomic E-state index is 0. The number of aromatic amines is 2. The molecule has 0 saturated carbocycles. The number of nitrogens with zero attached hydrogens (tertiary/aromatic N) is 2. The number of rotatable bonds is 4. The smallest absolute Gasteiger partial charge is 0.178 e. The van der Waals surface area contributed by atoms with Crippen LogP contribution in [0.2, 0.25) is 0 Å². The van der Waals surface area contributed by atoms with Crippen LogP contribution in [0.25, 0.3) is 33.3 Å². The summed E-state index contributed by atoms with van der Waals surface area (Å²) in [7, 11) is 0. The molecule has 0 fully saturated rings. The van der Waals surface area contributed by atoms with Gasteiger partial charge in [0.05, 0.1) is 5.52 Å². The highest BCUT2D eigenvalue weighted by atomic mass is 15.0. The Balaban J connectivity index is 0.00000182. The van der Waals surface area contributed by atoms with Crippen LogP contribution in [0.15, 0.2) is 36.5 Å². The Morgan fingerprint density at radius 1 is 1.12 bits per heavy atom. The monoisotopic (exact) mass is 335 g/mol. The number of fused-ring (bicyclic) bond motifs is 2. The van der Waals surface area contributed by atoms with Gasteiger partial charge in [-0.15, -0.1) is 0 Å². The number of H-pyrrole nitrogens is 2. The highest BCUT2D eigenvalue weighted by Crippen LogP contribution is 2.29. The van der Waals surface area contributed by atoms with Gasteiger partial charge >= 0.3 is 0 Å². The third kappa shape index (κ3) is 3.28. The average Bonchev–Trinajstić information content (AvgIpc) is 3.13. The molecule has 130 valence electrons. The number of nitrogens with one attached hydrogen (secondary N) is 3. The van der Waals surface area contributed by atoms with Crippen LogP contribution in [0.1, 0.15) is 32.7 Å². The van der Waals surface area contributed by atoms with Gasteiger partial charge in [0.2, 0.25) is 0 Å². The molecule has 3 N–H and O–H groups in total. The van der Waals surface area contributed by atoms with Gasteiger partial charge in [-0.1, -0.05) is 27.3 Å². The maximum Gasteiger partial charge on any atom is 0.178 e. The summed E-state index contributed by atoms with van der Waals surface area (Å²) in [5, 5.41) is 4.68. The third-order valence-corrected chi connectivity index (χ3v) is 4.20. The van der Waals surface area contributed by atoms with Gasteiger partial charge < -0.3 is 15.3 Å². The number of imidazole rings is 1. The van der Waals surface area contributed by atoms with Crippen LogP contribution < -0.4 is 5.32 Å². The van der Waals surface area contributed by atoms with Crippen molar-refractivity contribution in [2.24, 2.45) is 0 Å². The Morgan fingerprint density at radius 3 is 2.76 bits per heavy atom. The first-order valence-corrected chi connectivity index (χ1v) is 8.27. The summed E-state index contributed by atoms with van der Waals surface area (Å²) in [6, 6.07) is 11.2. The zero-order valence-electron chi connectivity index (χ0n) is 14.1. The van der Waals surface area contributed by atoms with E-state index < -0.39 is 0 Å². The summed E-state index contributed by atoms with van der Waals surface area (Å²) in [6.07, 6.45) is 1.81. The fraction of sp³-hybridized carbons (Fsp3) is 0.300. The number of hydrogen-bond acceptors (Lipinski definition) is 3. The maximum atomic E-state index is 4.42. The molecular formula is C20H25N5. The summed E-state index contributed by atoms with van der Waals surface area (Å²) in [4.78, 5) is 15.6. The highest BCUT2D eigenvalue weighted by Gasteiger charge is 2.11. The van der Waals surface area contributed by atoms with Crippen molar-refractivity contribution in [1.82, 2.24) is 25.3 Å². The largest absolute Gasteiger partial charge is 0.354 e. The zero-order valence-corrected chi connectivity index (χ0v) is 14.1. The van der Waals surface area contributed by atoms with E-state index in [-0.39, 0.29) is 7.43 Å². The first kappa shape index (κ1) is 17.2. The molecule has 3 heterocycles. The molecule has 3 aromatic heterocycles. The van der Waals surface area contributed by atoms with E-state index in [0.29, 0.717) is 6.04 Å². The second-order valence-electron chi connectivity index (χ2n) is 6.52. The van der Waals surface area contributed by atoms with Gasteiger partial charge in [0, 0.05) is 40.9 Å². The molecule has 0 saturated heterocycles. The van der Waals surface area contributed by atoms with Crippen molar-refractivity contribution in [3.8, 4) is 11.3 Å². The molecule has 0 aliphatic heterocycles. The number of pyridine rings is 1. The molecule has 0 radical (unpaired) electrons. The van der Waals surface area contributed by atoms with Crippen molar-refractivity contribution < 1.29 is 0 Å². The van der Waals surface area contributed by atoms with Crippen LogP contribution in [0.5, 0.6) is 0 Å². The van der Waals surface area contributed by atoms with E-state index in [4.69, 9.17) is 0 Å². The summed E-state index contributed by atoms with van der Waals surface area (Å²) in [5.41, 5.74) is 6.33. The Kier molecular flexibility index (Phi) is 4.59. The Bertz CT molecular complexity index is 1010. The van der Waals surface area contributed by atoms with E-state index in [1.165, 1.54) is 10.9 Å². The van der Waals surface area contributed by atoms with E-state index in [1.807, 2.05) is 13.0 Å². The highest BCUT2D eigenvalue weighted by molar-refractivity contribution is 5.94. The van der Waals surface area contributed by atoms with Crippen molar-refractivity contribution >= 4 is 22.1 Å². The van der Waals surface area contributed by atoms with E-state index in [1.54, 1.807) is 6.20 Å². The van der Waals surface area contributed by atoms with E-state index in [2.05, 4.69) is 63.4 Å². The van der Waals surface area contributed by atoms with E-state index in [9.17, 15) is 0 Å². The lowest BCUT2D eigenvalue weighted by Crippen LogP contribution is -2.21.